The molecule has 1 heterocycles. The second-order valence-corrected chi connectivity index (χ2v) is 9.02. The molecule has 3 rings (SSSR count). The zero-order valence-electron chi connectivity index (χ0n) is 14.5. The van der Waals surface area contributed by atoms with Gasteiger partial charge in [0.1, 0.15) is 5.75 Å². The van der Waals surface area contributed by atoms with E-state index in [4.69, 9.17) is 9.47 Å². The number of rotatable bonds is 7. The lowest BCUT2D eigenvalue weighted by atomic mass is 9.89. The topological polar surface area (TPSA) is 55.8 Å². The van der Waals surface area contributed by atoms with Crippen LogP contribution in [0.3, 0.4) is 0 Å². The van der Waals surface area contributed by atoms with Crippen molar-refractivity contribution < 1.29 is 17.9 Å². The second-order valence-electron chi connectivity index (χ2n) is 7.04. The van der Waals surface area contributed by atoms with Crippen molar-refractivity contribution in [3.05, 3.63) is 29.8 Å². The smallest absolute Gasteiger partial charge is 0.211 e. The minimum Gasteiger partial charge on any atom is -0.497 e. The number of benzene rings is 1. The fourth-order valence-electron chi connectivity index (χ4n) is 3.30. The first-order chi connectivity index (χ1) is 11.5. The molecule has 0 spiro atoms. The number of methoxy groups -OCH3 is 1. The van der Waals surface area contributed by atoms with E-state index >= 15 is 0 Å². The van der Waals surface area contributed by atoms with Gasteiger partial charge in [0, 0.05) is 25.6 Å². The van der Waals surface area contributed by atoms with E-state index in [1.54, 1.807) is 11.4 Å². The third kappa shape index (κ3) is 4.71. The maximum atomic E-state index is 11.9. The number of nitrogens with zero attached hydrogens (tertiary/aromatic N) is 1. The predicted molar refractivity (Wildman–Crippen MR) is 93.7 cm³/mol. The van der Waals surface area contributed by atoms with Gasteiger partial charge in [0.2, 0.25) is 10.0 Å². The van der Waals surface area contributed by atoms with E-state index in [0.717, 1.165) is 31.1 Å². The number of hydrogen-bond acceptors (Lipinski definition) is 4. The molecular formula is C18H27NO4S. The maximum absolute atomic E-state index is 11.9. The standard InChI is InChI=1S/C18H27NO4S/c1-22-17-7-5-14(6-8-17)11-16-12-19(24(2,20)21)10-9-18(16)23-13-15-3-4-15/h5-8,15-16,18H,3-4,9-13H2,1-2H3/t16-,18-/m1/s1. The van der Waals surface area contributed by atoms with Crippen LogP contribution < -0.4 is 4.74 Å². The van der Waals surface area contributed by atoms with Gasteiger partial charge in [0.15, 0.2) is 0 Å². The van der Waals surface area contributed by atoms with Crippen molar-refractivity contribution in [2.75, 3.05) is 33.1 Å². The molecule has 2 fully saturated rings. The van der Waals surface area contributed by atoms with Gasteiger partial charge in [0.05, 0.1) is 19.5 Å². The first kappa shape index (κ1) is 17.7. The Hall–Kier alpha value is -1.11. The minimum atomic E-state index is -3.15. The molecule has 0 unspecified atom stereocenters. The molecule has 0 bridgehead atoms. The van der Waals surface area contributed by atoms with Crippen LogP contribution in [0.25, 0.3) is 0 Å². The lowest BCUT2D eigenvalue weighted by Crippen LogP contribution is -2.47. The summed E-state index contributed by atoms with van der Waals surface area (Å²) in [5, 5.41) is 0. The lowest BCUT2D eigenvalue weighted by Gasteiger charge is -2.37. The highest BCUT2D eigenvalue weighted by Crippen LogP contribution is 2.32. The highest BCUT2D eigenvalue weighted by atomic mass is 32.2. The highest BCUT2D eigenvalue weighted by Gasteiger charge is 2.35. The molecule has 6 heteroatoms. The molecule has 0 N–H and O–H groups in total. The molecule has 5 nitrogen and oxygen atoms in total. The van der Waals surface area contributed by atoms with Crippen LogP contribution in [0.4, 0.5) is 0 Å². The van der Waals surface area contributed by atoms with Crippen LogP contribution in [-0.4, -0.2) is 51.9 Å². The van der Waals surface area contributed by atoms with Crippen LogP contribution in [0.5, 0.6) is 5.75 Å². The number of hydrogen-bond donors (Lipinski definition) is 0. The van der Waals surface area contributed by atoms with Crippen molar-refractivity contribution in [1.82, 2.24) is 4.31 Å². The van der Waals surface area contributed by atoms with Crippen molar-refractivity contribution in [2.45, 2.75) is 31.8 Å². The van der Waals surface area contributed by atoms with Crippen molar-refractivity contribution in [2.24, 2.45) is 11.8 Å². The Morgan fingerprint density at radius 2 is 1.88 bits per heavy atom. The van der Waals surface area contributed by atoms with Crippen LogP contribution in [0.2, 0.25) is 0 Å². The zero-order valence-corrected chi connectivity index (χ0v) is 15.3. The van der Waals surface area contributed by atoms with Gasteiger partial charge in [-0.1, -0.05) is 12.1 Å². The fraction of sp³-hybridized carbons (Fsp3) is 0.667. The van der Waals surface area contributed by atoms with Gasteiger partial charge in [0.25, 0.3) is 0 Å². The maximum Gasteiger partial charge on any atom is 0.211 e. The first-order valence-corrected chi connectivity index (χ1v) is 10.5. The summed E-state index contributed by atoms with van der Waals surface area (Å²) in [7, 11) is -1.49. The molecule has 1 saturated carbocycles. The number of piperidine rings is 1. The molecule has 24 heavy (non-hydrogen) atoms. The van der Waals surface area contributed by atoms with E-state index in [1.165, 1.54) is 24.7 Å². The Labute approximate surface area is 145 Å². The van der Waals surface area contributed by atoms with Gasteiger partial charge in [-0.15, -0.1) is 0 Å². The van der Waals surface area contributed by atoms with Crippen molar-refractivity contribution in [3.63, 3.8) is 0 Å². The zero-order chi connectivity index (χ0) is 17.2. The molecule has 2 atom stereocenters. The molecule has 1 aliphatic carbocycles. The largest absolute Gasteiger partial charge is 0.497 e. The van der Waals surface area contributed by atoms with E-state index < -0.39 is 10.0 Å². The average Bonchev–Trinajstić information content (AvgIpc) is 3.38. The average molecular weight is 353 g/mol. The van der Waals surface area contributed by atoms with Gasteiger partial charge in [-0.3, -0.25) is 0 Å². The molecule has 0 amide bonds. The third-order valence-electron chi connectivity index (χ3n) is 5.00. The van der Waals surface area contributed by atoms with E-state index in [0.29, 0.717) is 13.1 Å². The summed E-state index contributed by atoms with van der Waals surface area (Å²) in [5.41, 5.74) is 1.19. The first-order valence-electron chi connectivity index (χ1n) is 8.65. The number of ether oxygens (including phenoxy) is 2. The van der Waals surface area contributed by atoms with Crippen LogP contribution in [0.1, 0.15) is 24.8 Å². The summed E-state index contributed by atoms with van der Waals surface area (Å²) < 4.78 is 36.8. The molecule has 1 aliphatic heterocycles. The Bertz CT molecular complexity index is 639. The van der Waals surface area contributed by atoms with Gasteiger partial charge >= 0.3 is 0 Å². The van der Waals surface area contributed by atoms with Gasteiger partial charge in [-0.25, -0.2) is 12.7 Å². The molecule has 134 valence electrons. The van der Waals surface area contributed by atoms with Crippen molar-refractivity contribution in [3.8, 4) is 5.75 Å². The van der Waals surface area contributed by atoms with Crippen LogP contribution >= 0.6 is 0 Å². The SMILES string of the molecule is COc1ccc(C[C@@H]2CN(S(C)(=O)=O)CC[C@H]2OCC2CC2)cc1. The van der Waals surface area contributed by atoms with Crippen LogP contribution in [0.15, 0.2) is 24.3 Å². The second kappa shape index (κ2) is 7.42. The summed E-state index contributed by atoms with van der Waals surface area (Å²) in [6.45, 7) is 1.93. The van der Waals surface area contributed by atoms with E-state index in [2.05, 4.69) is 12.1 Å². The number of sulfonamides is 1. The summed E-state index contributed by atoms with van der Waals surface area (Å²) in [6.07, 6.45) is 5.58. The minimum absolute atomic E-state index is 0.144. The fourth-order valence-corrected chi connectivity index (χ4v) is 4.20. The molecule has 1 aromatic rings. The normalized spacial score (nSPS) is 25.6. The van der Waals surface area contributed by atoms with Crippen molar-refractivity contribution >= 4 is 10.0 Å². The van der Waals surface area contributed by atoms with Gasteiger partial charge < -0.3 is 9.47 Å². The van der Waals surface area contributed by atoms with E-state index in [-0.39, 0.29) is 12.0 Å². The Morgan fingerprint density at radius 3 is 2.46 bits per heavy atom. The van der Waals surface area contributed by atoms with Crippen molar-refractivity contribution in [1.29, 1.82) is 0 Å². The Morgan fingerprint density at radius 1 is 1.17 bits per heavy atom. The summed E-state index contributed by atoms with van der Waals surface area (Å²) in [5.74, 6) is 1.75. The molecule has 1 saturated heterocycles. The molecule has 1 aromatic carbocycles. The quantitative estimate of drug-likeness (QED) is 0.755. The van der Waals surface area contributed by atoms with Crippen LogP contribution in [-0.2, 0) is 21.2 Å². The molecule has 0 aromatic heterocycles. The molecule has 0 radical (unpaired) electrons. The lowest BCUT2D eigenvalue weighted by molar-refractivity contribution is -0.0231. The monoisotopic (exact) mass is 353 g/mol. The summed E-state index contributed by atoms with van der Waals surface area (Å²) >= 11 is 0. The molecule has 2 aliphatic rings. The Balaban J connectivity index is 1.68. The van der Waals surface area contributed by atoms with E-state index in [1.807, 2.05) is 12.1 Å². The predicted octanol–water partition coefficient (Wildman–Crippen LogP) is 2.31. The summed E-state index contributed by atoms with van der Waals surface area (Å²) in [4.78, 5) is 0. The summed E-state index contributed by atoms with van der Waals surface area (Å²) in [6, 6.07) is 8.01. The highest BCUT2D eigenvalue weighted by molar-refractivity contribution is 7.88. The van der Waals surface area contributed by atoms with Gasteiger partial charge in [-0.2, -0.15) is 0 Å². The van der Waals surface area contributed by atoms with Gasteiger partial charge in [-0.05, 0) is 49.3 Å². The van der Waals surface area contributed by atoms with E-state index in [9.17, 15) is 8.42 Å². The third-order valence-corrected chi connectivity index (χ3v) is 6.27. The molecular weight excluding hydrogens is 326 g/mol. The van der Waals surface area contributed by atoms with Crippen LogP contribution in [0, 0.1) is 11.8 Å². The Kier molecular flexibility index (Phi) is 5.47.